The largest absolute Gasteiger partial charge is 0.438 e. The van der Waals surface area contributed by atoms with Crippen molar-refractivity contribution in [3.8, 4) is 17.7 Å². The number of nitrogens with one attached hydrogen (secondary N) is 1. The molecule has 2 aromatic heterocycles. The zero-order chi connectivity index (χ0) is 20.2. The van der Waals surface area contributed by atoms with Crippen LogP contribution in [-0.2, 0) is 0 Å². The average molecular weight is 399 g/mol. The maximum absolute atomic E-state index is 8.70. The average Bonchev–Trinajstić information content (AvgIpc) is 3.17. The first-order chi connectivity index (χ1) is 14.1. The van der Waals surface area contributed by atoms with E-state index >= 15 is 0 Å². The quantitative estimate of drug-likeness (QED) is 0.429. The summed E-state index contributed by atoms with van der Waals surface area (Å²) < 4.78 is 11.3. The van der Waals surface area contributed by atoms with E-state index in [1.165, 1.54) is 17.6 Å². The second-order valence-corrected chi connectivity index (χ2v) is 7.30. The van der Waals surface area contributed by atoms with Gasteiger partial charge in [0.1, 0.15) is 5.75 Å². The van der Waals surface area contributed by atoms with E-state index in [9.17, 15) is 0 Å². The summed E-state index contributed by atoms with van der Waals surface area (Å²) in [6.45, 7) is 3.94. The fraction of sp³-hybridized carbons (Fsp3) is 0.0909. The third-order valence-corrected chi connectivity index (χ3v) is 5.04. The van der Waals surface area contributed by atoms with Crippen molar-refractivity contribution in [1.29, 1.82) is 5.26 Å². The van der Waals surface area contributed by atoms with E-state index in [-0.39, 0.29) is 0 Å². The molecule has 0 aliphatic rings. The summed E-state index contributed by atoms with van der Waals surface area (Å²) in [5, 5.41) is 13.0. The predicted octanol–water partition coefficient (Wildman–Crippen LogP) is 5.78. The Morgan fingerprint density at radius 3 is 2.76 bits per heavy atom. The molecule has 1 N–H and O–H groups in total. The molecule has 0 amide bonds. The molecule has 29 heavy (non-hydrogen) atoms. The van der Waals surface area contributed by atoms with Gasteiger partial charge in [-0.25, -0.2) is 4.98 Å². The van der Waals surface area contributed by atoms with Crippen LogP contribution >= 0.6 is 11.5 Å². The molecule has 142 valence electrons. The molecule has 7 heteroatoms. The van der Waals surface area contributed by atoms with Crippen LogP contribution in [0.25, 0.3) is 16.2 Å². The first kappa shape index (κ1) is 18.6. The second-order valence-electron chi connectivity index (χ2n) is 6.47. The van der Waals surface area contributed by atoms with Crippen LogP contribution in [0.15, 0.2) is 54.9 Å². The molecule has 4 aromatic rings. The number of benzene rings is 2. The molecule has 0 bridgehead atoms. The maximum atomic E-state index is 8.70. The number of hydrogen-bond acceptors (Lipinski definition) is 7. The molecule has 0 atom stereocenters. The van der Waals surface area contributed by atoms with Crippen molar-refractivity contribution in [2.45, 2.75) is 13.8 Å². The molecule has 0 saturated heterocycles. The number of fused-ring (bicyclic) bond motifs is 1. The highest BCUT2D eigenvalue weighted by atomic mass is 32.1. The van der Waals surface area contributed by atoms with Gasteiger partial charge in [0.05, 0.1) is 10.8 Å². The minimum absolute atomic E-state index is 0.452. The molecule has 0 aliphatic heterocycles. The normalized spacial score (nSPS) is 10.9. The van der Waals surface area contributed by atoms with Crippen LogP contribution < -0.4 is 10.1 Å². The summed E-state index contributed by atoms with van der Waals surface area (Å²) in [5.74, 6) is 1.65. The SMILES string of the molecule is Cc1cc(/C=C/C#N)cc(C)c1Oc1ccnc(Nc2ccc3cnsc3c2)n1. The van der Waals surface area contributed by atoms with Crippen molar-refractivity contribution in [2.24, 2.45) is 0 Å². The number of ether oxygens (including phenoxy) is 1. The first-order valence-electron chi connectivity index (χ1n) is 8.92. The van der Waals surface area contributed by atoms with Crippen LogP contribution in [0.3, 0.4) is 0 Å². The van der Waals surface area contributed by atoms with Gasteiger partial charge in [0, 0.05) is 35.6 Å². The summed E-state index contributed by atoms with van der Waals surface area (Å²) in [7, 11) is 0. The number of rotatable bonds is 5. The molecule has 0 unspecified atom stereocenters. The smallest absolute Gasteiger partial charge is 0.230 e. The molecule has 2 aromatic carbocycles. The van der Waals surface area contributed by atoms with E-state index in [0.717, 1.165) is 38.2 Å². The fourth-order valence-electron chi connectivity index (χ4n) is 3.01. The van der Waals surface area contributed by atoms with Gasteiger partial charge in [0.2, 0.25) is 11.8 Å². The lowest BCUT2D eigenvalue weighted by molar-refractivity contribution is 0.455. The Bertz CT molecular complexity index is 1230. The van der Waals surface area contributed by atoms with Crippen molar-refractivity contribution in [3.05, 3.63) is 71.6 Å². The third-order valence-electron chi connectivity index (χ3n) is 4.28. The van der Waals surface area contributed by atoms with Crippen LogP contribution in [-0.4, -0.2) is 14.3 Å². The van der Waals surface area contributed by atoms with Crippen molar-refractivity contribution in [1.82, 2.24) is 14.3 Å². The van der Waals surface area contributed by atoms with Gasteiger partial charge in [-0.1, -0.05) is 0 Å². The zero-order valence-corrected chi connectivity index (χ0v) is 16.7. The summed E-state index contributed by atoms with van der Waals surface area (Å²) in [6.07, 6.45) is 6.74. The number of nitriles is 1. The van der Waals surface area contributed by atoms with Crippen molar-refractivity contribution < 1.29 is 4.74 Å². The highest BCUT2D eigenvalue weighted by Crippen LogP contribution is 2.30. The van der Waals surface area contributed by atoms with Gasteiger partial charge < -0.3 is 10.1 Å². The molecule has 2 heterocycles. The number of allylic oxidation sites excluding steroid dienone is 1. The highest BCUT2D eigenvalue weighted by molar-refractivity contribution is 7.13. The van der Waals surface area contributed by atoms with Crippen LogP contribution in [0.4, 0.5) is 11.6 Å². The van der Waals surface area contributed by atoms with Gasteiger partial charge in [0.25, 0.3) is 0 Å². The van der Waals surface area contributed by atoms with Gasteiger partial charge in [-0.15, -0.1) is 0 Å². The van der Waals surface area contributed by atoms with E-state index < -0.39 is 0 Å². The molecule has 0 saturated carbocycles. The van der Waals surface area contributed by atoms with E-state index in [1.54, 1.807) is 18.3 Å². The lowest BCUT2D eigenvalue weighted by Crippen LogP contribution is -1.99. The Morgan fingerprint density at radius 1 is 1.14 bits per heavy atom. The standard InChI is InChI=1S/C22H17N5OS/c1-14-10-16(4-3-8-23)11-15(2)21(14)28-20-7-9-24-22(27-20)26-18-6-5-17-13-25-29-19(17)12-18/h3-7,9-13H,1-2H3,(H,24,26,27)/b4-3+. The van der Waals surface area contributed by atoms with Gasteiger partial charge in [0.15, 0.2) is 0 Å². The molecule has 6 nitrogen and oxygen atoms in total. The first-order valence-corrected chi connectivity index (χ1v) is 9.69. The van der Waals surface area contributed by atoms with Gasteiger partial charge >= 0.3 is 0 Å². The molecular formula is C22H17N5OS. The Morgan fingerprint density at radius 2 is 1.97 bits per heavy atom. The number of aromatic nitrogens is 3. The van der Waals surface area contributed by atoms with Crippen LogP contribution in [0.5, 0.6) is 11.6 Å². The molecule has 0 radical (unpaired) electrons. The van der Waals surface area contributed by atoms with E-state index in [2.05, 4.69) is 19.7 Å². The van der Waals surface area contributed by atoms with Crippen molar-refractivity contribution in [3.63, 3.8) is 0 Å². The topological polar surface area (TPSA) is 83.7 Å². The molecule has 4 rings (SSSR count). The summed E-state index contributed by atoms with van der Waals surface area (Å²) in [4.78, 5) is 8.75. The monoisotopic (exact) mass is 399 g/mol. The zero-order valence-electron chi connectivity index (χ0n) is 15.9. The molecule has 0 aliphatic carbocycles. The van der Waals surface area contributed by atoms with Crippen molar-refractivity contribution >= 4 is 39.3 Å². The minimum atomic E-state index is 0.452. The van der Waals surface area contributed by atoms with Gasteiger partial charge in [-0.3, -0.25) is 0 Å². The number of anilines is 2. The fourth-order valence-corrected chi connectivity index (χ4v) is 3.69. The Labute approximate surface area is 172 Å². The van der Waals surface area contributed by atoms with E-state index in [0.29, 0.717) is 11.8 Å². The number of hydrogen-bond donors (Lipinski definition) is 1. The van der Waals surface area contributed by atoms with Crippen molar-refractivity contribution in [2.75, 3.05) is 5.32 Å². The van der Waals surface area contributed by atoms with Crippen LogP contribution in [0.1, 0.15) is 16.7 Å². The number of nitrogens with zero attached hydrogens (tertiary/aromatic N) is 4. The molecular weight excluding hydrogens is 382 g/mol. The van der Waals surface area contributed by atoms with E-state index in [4.69, 9.17) is 10.00 Å². The lowest BCUT2D eigenvalue weighted by Gasteiger charge is -2.13. The predicted molar refractivity (Wildman–Crippen MR) is 116 cm³/mol. The second kappa shape index (κ2) is 8.09. The summed E-state index contributed by atoms with van der Waals surface area (Å²) >= 11 is 1.45. The Kier molecular flexibility index (Phi) is 5.18. The highest BCUT2D eigenvalue weighted by Gasteiger charge is 2.09. The number of aryl methyl sites for hydroxylation is 2. The minimum Gasteiger partial charge on any atom is -0.438 e. The molecule has 0 spiro atoms. The Balaban J connectivity index is 1.56. The summed E-state index contributed by atoms with van der Waals surface area (Å²) in [6, 6.07) is 13.7. The van der Waals surface area contributed by atoms with Gasteiger partial charge in [-0.05, 0) is 78.5 Å². The van der Waals surface area contributed by atoms with Gasteiger partial charge in [-0.2, -0.15) is 14.6 Å². The lowest BCUT2D eigenvalue weighted by atomic mass is 10.1. The maximum Gasteiger partial charge on any atom is 0.230 e. The summed E-state index contributed by atoms with van der Waals surface area (Å²) in [5.41, 5.74) is 3.77. The van der Waals surface area contributed by atoms with E-state index in [1.807, 2.05) is 56.4 Å². The van der Waals surface area contributed by atoms with Crippen LogP contribution in [0, 0.1) is 25.2 Å². The molecule has 0 fully saturated rings. The van der Waals surface area contributed by atoms with Crippen LogP contribution in [0.2, 0.25) is 0 Å². The third kappa shape index (κ3) is 4.23. The Hall–Kier alpha value is -3.76.